The summed E-state index contributed by atoms with van der Waals surface area (Å²) in [5.74, 6) is 0.276. The van der Waals surface area contributed by atoms with Crippen molar-refractivity contribution in [3.8, 4) is 0 Å². The molecule has 3 heterocycles. The number of fused-ring (bicyclic) bond motifs is 1. The fourth-order valence-electron chi connectivity index (χ4n) is 5.65. The molecule has 3 rings (SSSR count). The number of hydrogen-bond acceptors (Lipinski definition) is 10. The summed E-state index contributed by atoms with van der Waals surface area (Å²) in [7, 11) is -6.07. The van der Waals surface area contributed by atoms with Crippen molar-refractivity contribution in [1.82, 2.24) is 9.55 Å². The van der Waals surface area contributed by atoms with E-state index in [9.17, 15) is 9.59 Å². The van der Waals surface area contributed by atoms with Crippen LogP contribution in [0, 0.1) is 0 Å². The Labute approximate surface area is 232 Å². The molecule has 2 aliphatic heterocycles. The van der Waals surface area contributed by atoms with Crippen molar-refractivity contribution in [3.05, 3.63) is 22.7 Å². The first-order valence-corrected chi connectivity index (χ1v) is 18.7. The van der Waals surface area contributed by atoms with Crippen molar-refractivity contribution < 1.29 is 27.2 Å². The number of hydrogen-bond donors (Lipinski definition) is 1. The van der Waals surface area contributed by atoms with Crippen LogP contribution >= 0.6 is 11.8 Å². The molecule has 0 aliphatic carbocycles. The molecule has 0 spiro atoms. The summed E-state index contributed by atoms with van der Waals surface area (Å²) < 4.78 is 35.6. The fraction of sp³-hybridized carbons (Fsp3) is 0.800. The van der Waals surface area contributed by atoms with E-state index in [1.54, 1.807) is 6.20 Å². The van der Waals surface area contributed by atoms with E-state index in [-0.39, 0.29) is 33.8 Å². The number of carbonyl (C=O) groups excluding carboxylic acids is 1. The Morgan fingerprint density at radius 1 is 1.05 bits per heavy atom. The van der Waals surface area contributed by atoms with Crippen LogP contribution in [0.4, 0.5) is 5.82 Å². The first-order chi connectivity index (χ1) is 17.7. The maximum Gasteiger partial charge on any atom is 0.351 e. The predicted molar refractivity (Wildman–Crippen MR) is 153 cm³/mol. The highest BCUT2D eigenvalue weighted by molar-refractivity contribution is 7.98. The zero-order valence-electron chi connectivity index (χ0n) is 24.3. The standard InChI is InChI=1S/C25H45N3O7SSi2/c1-14(2)37(15(3)4)33-20(18(9)29)21-22(34-38(35-37,16(5)6)17(7)8)23(31-13-36-10)24(32-21)28-12-11-19(26)27-25(28)30/h11-12,14-17,20-24H,13H2,1-10H3,(H2,26,27,30)/t20?,21-,22-,23+,24-/m1/s1. The monoisotopic (exact) mass is 587 g/mol. The molecule has 0 bridgehead atoms. The molecule has 0 aromatic carbocycles. The Kier molecular flexibility index (Phi) is 10.1. The van der Waals surface area contributed by atoms with Crippen LogP contribution < -0.4 is 11.4 Å². The normalized spacial score (nSPS) is 29.1. The van der Waals surface area contributed by atoms with Crippen LogP contribution in [0.5, 0.6) is 0 Å². The van der Waals surface area contributed by atoms with Gasteiger partial charge in [-0.2, -0.15) is 4.98 Å². The molecule has 38 heavy (non-hydrogen) atoms. The van der Waals surface area contributed by atoms with Crippen LogP contribution in [0.3, 0.4) is 0 Å². The average Bonchev–Trinajstić information content (AvgIpc) is 3.13. The van der Waals surface area contributed by atoms with Gasteiger partial charge in [0.1, 0.15) is 30.2 Å². The van der Waals surface area contributed by atoms with Crippen molar-refractivity contribution >= 4 is 40.5 Å². The second-order valence-electron chi connectivity index (χ2n) is 11.5. The van der Waals surface area contributed by atoms with E-state index in [2.05, 4.69) is 60.4 Å². The predicted octanol–water partition coefficient (Wildman–Crippen LogP) is 4.34. The third-order valence-corrected chi connectivity index (χ3v) is 18.2. The number of Topliss-reactive ketones (excluding diaryl/α,β-unsaturated/α-hetero) is 1. The molecule has 0 amide bonds. The molecule has 0 saturated carbocycles. The molecule has 2 aliphatic rings. The number of ether oxygens (including phenoxy) is 2. The summed E-state index contributed by atoms with van der Waals surface area (Å²) in [6, 6.07) is 1.54. The zero-order valence-corrected chi connectivity index (χ0v) is 27.1. The van der Waals surface area contributed by atoms with Gasteiger partial charge < -0.3 is 28.2 Å². The number of carbonyl (C=O) groups is 1. The number of nitrogens with two attached hydrogens (primary N) is 1. The second-order valence-corrected chi connectivity index (χ2v) is 21.1. The number of aromatic nitrogens is 2. The van der Waals surface area contributed by atoms with E-state index < -0.39 is 53.5 Å². The van der Waals surface area contributed by atoms with Gasteiger partial charge in [0.15, 0.2) is 12.0 Å². The van der Waals surface area contributed by atoms with Crippen molar-refractivity contribution in [2.45, 2.75) is 115 Å². The summed E-state index contributed by atoms with van der Waals surface area (Å²) >= 11 is 1.50. The quantitative estimate of drug-likeness (QED) is 0.329. The molecule has 10 nitrogen and oxygen atoms in total. The summed E-state index contributed by atoms with van der Waals surface area (Å²) in [4.78, 5) is 30.0. The number of ketones is 1. The van der Waals surface area contributed by atoms with Crippen molar-refractivity contribution in [2.75, 3.05) is 17.9 Å². The lowest BCUT2D eigenvalue weighted by Gasteiger charge is -2.52. The molecule has 0 radical (unpaired) electrons. The fourth-order valence-corrected chi connectivity index (χ4v) is 17.2. The average molecular weight is 588 g/mol. The number of rotatable bonds is 9. The summed E-state index contributed by atoms with van der Waals surface area (Å²) in [5.41, 5.74) is 5.45. The minimum absolute atomic E-state index is 0.0542. The minimum atomic E-state index is -3.04. The maximum absolute atomic E-state index is 13.2. The Bertz CT molecular complexity index is 1020. The molecule has 2 N–H and O–H groups in total. The smallest absolute Gasteiger partial charge is 0.351 e. The number of nitrogens with zero attached hydrogens (tertiary/aromatic N) is 2. The van der Waals surface area contributed by atoms with Crippen LogP contribution in [-0.2, 0) is 27.2 Å². The summed E-state index contributed by atoms with van der Waals surface area (Å²) in [6.07, 6.45) is -0.566. The van der Waals surface area contributed by atoms with E-state index in [0.29, 0.717) is 5.94 Å². The number of anilines is 1. The van der Waals surface area contributed by atoms with E-state index in [1.165, 1.54) is 29.3 Å². The molecule has 216 valence electrons. The van der Waals surface area contributed by atoms with Crippen LogP contribution in [-0.4, -0.2) is 69.1 Å². The number of thioether (sulfide) groups is 1. The van der Waals surface area contributed by atoms with Gasteiger partial charge in [-0.05, 0) is 41.4 Å². The van der Waals surface area contributed by atoms with Gasteiger partial charge in [-0.3, -0.25) is 9.36 Å². The highest BCUT2D eigenvalue weighted by Crippen LogP contribution is 2.50. The van der Waals surface area contributed by atoms with Gasteiger partial charge in [-0.15, -0.1) is 11.8 Å². The molecular weight excluding hydrogens is 543 g/mol. The van der Waals surface area contributed by atoms with Gasteiger partial charge in [0.2, 0.25) is 0 Å². The largest absolute Gasteiger partial charge is 0.414 e. The summed E-state index contributed by atoms with van der Waals surface area (Å²) in [5, 5.41) is 0. The van der Waals surface area contributed by atoms with Gasteiger partial charge in [0.05, 0.1) is 5.94 Å². The third kappa shape index (κ3) is 5.71. The van der Waals surface area contributed by atoms with Crippen molar-refractivity contribution in [3.63, 3.8) is 0 Å². The minimum Gasteiger partial charge on any atom is -0.414 e. The van der Waals surface area contributed by atoms with Gasteiger partial charge >= 0.3 is 22.8 Å². The first kappa shape index (κ1) is 31.5. The van der Waals surface area contributed by atoms with Crippen LogP contribution in [0.15, 0.2) is 17.1 Å². The Morgan fingerprint density at radius 3 is 2.08 bits per heavy atom. The van der Waals surface area contributed by atoms with Crippen molar-refractivity contribution in [2.24, 2.45) is 0 Å². The lowest BCUT2D eigenvalue weighted by atomic mass is 10.0. The van der Waals surface area contributed by atoms with Crippen molar-refractivity contribution in [1.29, 1.82) is 0 Å². The van der Waals surface area contributed by atoms with Gasteiger partial charge in [0, 0.05) is 6.20 Å². The van der Waals surface area contributed by atoms with E-state index >= 15 is 0 Å². The van der Waals surface area contributed by atoms with Crippen LogP contribution in [0.1, 0.15) is 68.5 Å². The Hall–Kier alpha value is -1.07. The van der Waals surface area contributed by atoms with Crippen LogP contribution in [0.2, 0.25) is 22.2 Å². The molecule has 13 heteroatoms. The Morgan fingerprint density at radius 2 is 1.61 bits per heavy atom. The summed E-state index contributed by atoms with van der Waals surface area (Å²) in [6.45, 7) is 18.4. The zero-order chi connectivity index (χ0) is 28.6. The lowest BCUT2D eigenvalue weighted by Crippen LogP contribution is -2.68. The Balaban J connectivity index is 2.27. The topological polar surface area (TPSA) is 124 Å². The van der Waals surface area contributed by atoms with Gasteiger partial charge in [0.25, 0.3) is 0 Å². The molecule has 2 fully saturated rings. The first-order valence-electron chi connectivity index (χ1n) is 13.4. The van der Waals surface area contributed by atoms with E-state index in [1.807, 2.05) is 6.26 Å². The lowest BCUT2D eigenvalue weighted by molar-refractivity contribution is -0.141. The molecule has 1 aromatic rings. The third-order valence-electron chi connectivity index (χ3n) is 7.60. The van der Waals surface area contributed by atoms with E-state index in [0.717, 1.165) is 0 Å². The highest BCUT2D eigenvalue weighted by Gasteiger charge is 2.64. The maximum atomic E-state index is 13.2. The molecule has 5 atom stereocenters. The van der Waals surface area contributed by atoms with Gasteiger partial charge in [-0.25, -0.2) is 4.79 Å². The van der Waals surface area contributed by atoms with E-state index in [4.69, 9.17) is 28.2 Å². The molecular formula is C25H45N3O7SSi2. The molecule has 2 saturated heterocycles. The second kappa shape index (κ2) is 12.2. The molecule has 1 aromatic heterocycles. The van der Waals surface area contributed by atoms with Gasteiger partial charge in [-0.1, -0.05) is 55.4 Å². The number of nitrogen functional groups attached to an aromatic ring is 1. The SMILES string of the molecule is CSCO[C@H]1[C@@H]2O[Si](C(C)C)(C(C)C)O[Si](C(C)C)(C(C)C)OC(C(C)=O)[C@H]2O[C@H]1n1ccc(N)nc1=O. The molecule has 1 unspecified atom stereocenters. The van der Waals surface area contributed by atoms with Crippen LogP contribution in [0.25, 0.3) is 0 Å². The highest BCUT2D eigenvalue weighted by atomic mass is 32.2.